The number of nitrogens with zero attached hydrogens (tertiary/aromatic N) is 4. The molecule has 0 amide bonds. The first-order valence-corrected chi connectivity index (χ1v) is 5.92. The first kappa shape index (κ1) is 13.0. The summed E-state index contributed by atoms with van der Waals surface area (Å²) in [6, 6.07) is 3.29. The van der Waals surface area contributed by atoms with Crippen molar-refractivity contribution in [2.24, 2.45) is 0 Å². The van der Waals surface area contributed by atoms with Crippen LogP contribution in [0.2, 0.25) is 0 Å². The topological polar surface area (TPSA) is 81.9 Å². The maximum Gasteiger partial charge on any atom is 0.338 e. The zero-order valence-corrected chi connectivity index (χ0v) is 10.6. The van der Waals surface area contributed by atoms with Gasteiger partial charge in [-0.3, -0.25) is 4.68 Å². The second-order valence-corrected chi connectivity index (χ2v) is 3.87. The summed E-state index contributed by atoms with van der Waals surface area (Å²) in [6.07, 6.45) is 5.92. The number of carbonyl (C=O) groups is 1. The smallest absolute Gasteiger partial charge is 0.338 e. The van der Waals surface area contributed by atoms with Crippen molar-refractivity contribution in [2.45, 2.75) is 13.0 Å². The summed E-state index contributed by atoms with van der Waals surface area (Å²) < 4.78 is 6.42. The molecule has 0 aliphatic rings. The van der Waals surface area contributed by atoms with E-state index >= 15 is 0 Å². The fourth-order valence-electron chi connectivity index (χ4n) is 1.58. The molecule has 0 fully saturated rings. The van der Waals surface area contributed by atoms with Crippen LogP contribution in [0.5, 0.6) is 0 Å². The Morgan fingerprint density at radius 1 is 1.47 bits per heavy atom. The molecule has 0 aliphatic carbocycles. The number of nitrogens with one attached hydrogen (secondary N) is 1. The third-order valence-corrected chi connectivity index (χ3v) is 2.52. The molecule has 0 unspecified atom stereocenters. The van der Waals surface area contributed by atoms with Gasteiger partial charge in [-0.1, -0.05) is 5.21 Å². The van der Waals surface area contributed by atoms with E-state index in [9.17, 15) is 4.79 Å². The van der Waals surface area contributed by atoms with E-state index < -0.39 is 0 Å². The van der Waals surface area contributed by atoms with Gasteiger partial charge in [-0.2, -0.15) is 0 Å². The summed E-state index contributed by atoms with van der Waals surface area (Å²) in [5, 5.41) is 10.7. The zero-order chi connectivity index (χ0) is 13.5. The minimum absolute atomic E-state index is 0.368. The third kappa shape index (κ3) is 3.77. The molecule has 1 N–H and O–H groups in total. The summed E-state index contributed by atoms with van der Waals surface area (Å²) >= 11 is 0. The fraction of sp³-hybridized carbons (Fsp3) is 0.333. The van der Waals surface area contributed by atoms with E-state index in [0.717, 1.165) is 19.5 Å². The lowest BCUT2D eigenvalue weighted by molar-refractivity contribution is 0.0600. The predicted octanol–water partition coefficient (Wildman–Crippen LogP) is 0.962. The molecule has 0 saturated heterocycles. The summed E-state index contributed by atoms with van der Waals surface area (Å²) in [4.78, 5) is 15.5. The quantitative estimate of drug-likeness (QED) is 0.616. The van der Waals surface area contributed by atoms with Crippen LogP contribution in [-0.2, 0) is 11.3 Å². The Bertz CT molecular complexity index is 527. The normalized spacial score (nSPS) is 10.2. The highest BCUT2D eigenvalue weighted by Gasteiger charge is 2.05. The molecule has 0 aromatic carbocycles. The van der Waals surface area contributed by atoms with Gasteiger partial charge in [0, 0.05) is 25.5 Å². The Morgan fingerprint density at radius 3 is 3.11 bits per heavy atom. The van der Waals surface area contributed by atoms with Crippen LogP contribution in [0.1, 0.15) is 16.8 Å². The highest BCUT2D eigenvalue weighted by molar-refractivity contribution is 5.89. The number of rotatable bonds is 6. The molecule has 2 rings (SSSR count). The largest absolute Gasteiger partial charge is 0.465 e. The Kier molecular flexibility index (Phi) is 4.44. The molecule has 7 heteroatoms. The molecule has 0 spiro atoms. The maximum atomic E-state index is 11.4. The first-order chi connectivity index (χ1) is 9.29. The number of hydrogen-bond acceptors (Lipinski definition) is 6. The highest BCUT2D eigenvalue weighted by Crippen LogP contribution is 2.07. The van der Waals surface area contributed by atoms with Crippen LogP contribution in [0, 0.1) is 0 Å². The number of aromatic nitrogens is 4. The zero-order valence-electron chi connectivity index (χ0n) is 10.6. The van der Waals surface area contributed by atoms with Crippen LogP contribution in [0.25, 0.3) is 0 Å². The van der Waals surface area contributed by atoms with Crippen molar-refractivity contribution >= 4 is 11.8 Å². The molecular formula is C12H15N5O2. The number of pyridine rings is 1. The molecule has 0 saturated carbocycles. The van der Waals surface area contributed by atoms with Crippen molar-refractivity contribution in [1.82, 2.24) is 20.0 Å². The van der Waals surface area contributed by atoms with E-state index in [1.807, 2.05) is 6.20 Å². The second kappa shape index (κ2) is 6.48. The average molecular weight is 261 g/mol. The first-order valence-electron chi connectivity index (χ1n) is 5.92. The van der Waals surface area contributed by atoms with Gasteiger partial charge in [0.05, 0.1) is 18.9 Å². The van der Waals surface area contributed by atoms with Gasteiger partial charge in [0.15, 0.2) is 0 Å². The van der Waals surface area contributed by atoms with Crippen molar-refractivity contribution in [3.63, 3.8) is 0 Å². The summed E-state index contributed by atoms with van der Waals surface area (Å²) in [7, 11) is 1.36. The van der Waals surface area contributed by atoms with Gasteiger partial charge >= 0.3 is 5.97 Å². The Morgan fingerprint density at radius 2 is 2.37 bits per heavy atom. The molecule has 7 nitrogen and oxygen atoms in total. The number of carbonyl (C=O) groups excluding carboxylic acids is 1. The van der Waals surface area contributed by atoms with Gasteiger partial charge in [0.25, 0.3) is 0 Å². The van der Waals surface area contributed by atoms with Crippen LogP contribution in [-0.4, -0.2) is 39.6 Å². The van der Waals surface area contributed by atoms with Gasteiger partial charge < -0.3 is 10.1 Å². The molecule has 2 heterocycles. The Balaban J connectivity index is 1.81. The van der Waals surface area contributed by atoms with Crippen LogP contribution >= 0.6 is 0 Å². The molecule has 0 atom stereocenters. The standard InChI is InChI=1S/C12H15N5O2/c1-19-12(18)10-3-5-14-11(9-10)13-4-2-7-17-8-6-15-16-17/h3,5-6,8-9H,2,4,7H2,1H3,(H,13,14). The summed E-state index contributed by atoms with van der Waals surface area (Å²) in [5.74, 6) is 0.287. The number of esters is 1. The number of methoxy groups -OCH3 is 1. The lowest BCUT2D eigenvalue weighted by Crippen LogP contribution is -2.09. The SMILES string of the molecule is COC(=O)c1ccnc(NCCCn2ccnn2)c1. The molecular weight excluding hydrogens is 246 g/mol. The van der Waals surface area contributed by atoms with Crippen molar-refractivity contribution in [2.75, 3.05) is 19.0 Å². The van der Waals surface area contributed by atoms with E-state index in [4.69, 9.17) is 0 Å². The van der Waals surface area contributed by atoms with E-state index in [1.54, 1.807) is 29.2 Å². The number of hydrogen-bond donors (Lipinski definition) is 1. The lowest BCUT2D eigenvalue weighted by atomic mass is 10.2. The molecule has 0 radical (unpaired) electrons. The van der Waals surface area contributed by atoms with Crippen LogP contribution in [0.15, 0.2) is 30.7 Å². The monoisotopic (exact) mass is 261 g/mol. The van der Waals surface area contributed by atoms with E-state index in [1.165, 1.54) is 7.11 Å². The highest BCUT2D eigenvalue weighted by atomic mass is 16.5. The number of anilines is 1. The lowest BCUT2D eigenvalue weighted by Gasteiger charge is -2.06. The van der Waals surface area contributed by atoms with Gasteiger partial charge in [0.2, 0.25) is 0 Å². The Labute approximate surface area is 110 Å². The number of aryl methyl sites for hydroxylation is 1. The molecule has 2 aromatic rings. The fourth-order valence-corrected chi connectivity index (χ4v) is 1.58. The minimum Gasteiger partial charge on any atom is -0.465 e. The van der Waals surface area contributed by atoms with Crippen molar-refractivity contribution in [1.29, 1.82) is 0 Å². The van der Waals surface area contributed by atoms with Crippen molar-refractivity contribution in [3.8, 4) is 0 Å². The molecule has 0 aliphatic heterocycles. The predicted molar refractivity (Wildman–Crippen MR) is 68.7 cm³/mol. The second-order valence-electron chi connectivity index (χ2n) is 3.87. The van der Waals surface area contributed by atoms with E-state index in [-0.39, 0.29) is 5.97 Å². The van der Waals surface area contributed by atoms with E-state index in [0.29, 0.717) is 11.4 Å². The van der Waals surface area contributed by atoms with Crippen LogP contribution in [0.4, 0.5) is 5.82 Å². The molecule has 19 heavy (non-hydrogen) atoms. The van der Waals surface area contributed by atoms with Crippen LogP contribution in [0.3, 0.4) is 0 Å². The van der Waals surface area contributed by atoms with Crippen molar-refractivity contribution in [3.05, 3.63) is 36.3 Å². The van der Waals surface area contributed by atoms with Crippen LogP contribution < -0.4 is 5.32 Å². The maximum absolute atomic E-state index is 11.4. The van der Waals surface area contributed by atoms with Crippen molar-refractivity contribution < 1.29 is 9.53 Å². The van der Waals surface area contributed by atoms with Gasteiger partial charge in [-0.05, 0) is 18.6 Å². The van der Waals surface area contributed by atoms with Gasteiger partial charge in [-0.25, -0.2) is 9.78 Å². The van der Waals surface area contributed by atoms with E-state index in [2.05, 4.69) is 25.3 Å². The van der Waals surface area contributed by atoms with Gasteiger partial charge in [0.1, 0.15) is 5.82 Å². The van der Waals surface area contributed by atoms with Gasteiger partial charge in [-0.15, -0.1) is 5.10 Å². The number of ether oxygens (including phenoxy) is 1. The molecule has 100 valence electrons. The minimum atomic E-state index is -0.368. The Hall–Kier alpha value is -2.44. The summed E-state index contributed by atoms with van der Waals surface area (Å²) in [5.41, 5.74) is 0.483. The summed E-state index contributed by atoms with van der Waals surface area (Å²) in [6.45, 7) is 1.52. The molecule has 2 aromatic heterocycles. The average Bonchev–Trinajstić information content (AvgIpc) is 2.96. The third-order valence-electron chi connectivity index (χ3n) is 2.52. The molecule has 0 bridgehead atoms.